The molecule has 1 aromatic carbocycles. The van der Waals surface area contributed by atoms with Crippen LogP contribution in [0.15, 0.2) is 24.3 Å². The van der Waals surface area contributed by atoms with Gasteiger partial charge < -0.3 is 5.73 Å². The van der Waals surface area contributed by atoms with Crippen molar-refractivity contribution in [2.75, 3.05) is 0 Å². The van der Waals surface area contributed by atoms with Gasteiger partial charge in [0.25, 0.3) is 5.92 Å². The van der Waals surface area contributed by atoms with Gasteiger partial charge in [0.05, 0.1) is 0 Å². The van der Waals surface area contributed by atoms with Crippen LogP contribution in [0.1, 0.15) is 12.0 Å². The monoisotopic (exact) mass is 187 g/mol. The van der Waals surface area contributed by atoms with Crippen molar-refractivity contribution in [3.05, 3.63) is 35.6 Å². The molecule has 1 nitrogen and oxygen atoms in total. The molecule has 70 valence electrons. The Morgan fingerprint density at radius 2 is 1.77 bits per heavy atom. The van der Waals surface area contributed by atoms with E-state index in [4.69, 9.17) is 5.73 Å². The average Bonchev–Trinajstić information content (AvgIpc) is 2.53. The van der Waals surface area contributed by atoms with Gasteiger partial charge in [-0.05, 0) is 6.07 Å². The van der Waals surface area contributed by atoms with Gasteiger partial charge in [-0.2, -0.15) is 0 Å². The Kier molecular flexibility index (Phi) is 1.49. The third-order valence-electron chi connectivity index (χ3n) is 2.38. The first-order valence-corrected chi connectivity index (χ1v) is 3.89. The van der Waals surface area contributed by atoms with Crippen molar-refractivity contribution in [1.29, 1.82) is 0 Å². The molecule has 13 heavy (non-hydrogen) atoms. The summed E-state index contributed by atoms with van der Waals surface area (Å²) in [6, 6.07) is 5.39. The lowest BCUT2D eigenvalue weighted by Crippen LogP contribution is -2.28. The van der Waals surface area contributed by atoms with E-state index < -0.39 is 23.7 Å². The summed E-state index contributed by atoms with van der Waals surface area (Å²) < 4.78 is 38.6. The first-order valence-electron chi connectivity index (χ1n) is 3.89. The van der Waals surface area contributed by atoms with Gasteiger partial charge in [-0.3, -0.25) is 0 Å². The normalized spacial score (nSPS) is 30.2. The molecule has 0 radical (unpaired) electrons. The summed E-state index contributed by atoms with van der Waals surface area (Å²) in [6.07, 6.45) is -0.471. The highest BCUT2D eigenvalue weighted by molar-refractivity contribution is 5.36. The van der Waals surface area contributed by atoms with Crippen LogP contribution in [0, 0.1) is 5.82 Å². The zero-order valence-electron chi connectivity index (χ0n) is 6.73. The predicted octanol–water partition coefficient (Wildman–Crippen LogP) is 2.02. The molecule has 2 N–H and O–H groups in total. The molecular formula is C9H8F3N. The fourth-order valence-corrected chi connectivity index (χ4v) is 1.42. The molecule has 0 amide bonds. The second-order valence-corrected chi connectivity index (χ2v) is 3.33. The molecule has 1 saturated carbocycles. The number of alkyl halides is 2. The highest BCUT2D eigenvalue weighted by atomic mass is 19.3. The maximum absolute atomic E-state index is 13.1. The third-order valence-corrected chi connectivity index (χ3v) is 2.38. The molecule has 1 fully saturated rings. The smallest absolute Gasteiger partial charge is 0.272 e. The first kappa shape index (κ1) is 8.56. The lowest BCUT2D eigenvalue weighted by Gasteiger charge is -2.10. The fraction of sp³-hybridized carbons (Fsp3) is 0.333. The molecule has 1 aromatic rings. The molecular weight excluding hydrogens is 179 g/mol. The molecule has 4 heteroatoms. The van der Waals surface area contributed by atoms with Crippen LogP contribution in [0.3, 0.4) is 0 Å². The minimum absolute atomic E-state index is 0.0972. The summed E-state index contributed by atoms with van der Waals surface area (Å²) in [4.78, 5) is 0. The molecule has 1 unspecified atom stereocenters. The summed E-state index contributed by atoms with van der Waals surface area (Å²) in [6.45, 7) is 0. The van der Waals surface area contributed by atoms with Gasteiger partial charge in [0.1, 0.15) is 11.4 Å². The van der Waals surface area contributed by atoms with Crippen molar-refractivity contribution in [2.45, 2.75) is 17.9 Å². The van der Waals surface area contributed by atoms with Crippen LogP contribution >= 0.6 is 0 Å². The topological polar surface area (TPSA) is 26.0 Å². The molecule has 1 aliphatic carbocycles. The van der Waals surface area contributed by atoms with Crippen LogP contribution in [-0.4, -0.2) is 5.92 Å². The standard InChI is InChI=1S/C9H8F3N/c10-7-4-2-1-3-6(7)8(13)5-9(8,11)12/h1-4H,5,13H2. The summed E-state index contributed by atoms with van der Waals surface area (Å²) in [5.74, 6) is -3.63. The molecule has 1 atom stereocenters. The van der Waals surface area contributed by atoms with Gasteiger partial charge in [0.2, 0.25) is 0 Å². The van der Waals surface area contributed by atoms with Gasteiger partial charge in [0.15, 0.2) is 0 Å². The van der Waals surface area contributed by atoms with E-state index in [1.165, 1.54) is 18.2 Å². The van der Waals surface area contributed by atoms with Crippen LogP contribution in [0.5, 0.6) is 0 Å². The first-order chi connectivity index (χ1) is 5.97. The van der Waals surface area contributed by atoms with Crippen molar-refractivity contribution in [2.24, 2.45) is 5.73 Å². The van der Waals surface area contributed by atoms with E-state index in [1.807, 2.05) is 0 Å². The van der Waals surface area contributed by atoms with Crippen LogP contribution < -0.4 is 5.73 Å². The Hall–Kier alpha value is -1.03. The molecule has 0 bridgehead atoms. The fourth-order valence-electron chi connectivity index (χ4n) is 1.42. The Morgan fingerprint density at radius 1 is 1.23 bits per heavy atom. The Balaban J connectivity index is 2.44. The van der Waals surface area contributed by atoms with Crippen molar-refractivity contribution >= 4 is 0 Å². The number of hydrogen-bond donors (Lipinski definition) is 1. The zero-order valence-corrected chi connectivity index (χ0v) is 6.73. The van der Waals surface area contributed by atoms with E-state index in [0.29, 0.717) is 0 Å². The van der Waals surface area contributed by atoms with Crippen molar-refractivity contribution in [3.63, 3.8) is 0 Å². The number of halogens is 3. The predicted molar refractivity (Wildman–Crippen MR) is 41.8 cm³/mol. The Labute approximate surface area is 73.4 Å². The number of nitrogens with two attached hydrogens (primary N) is 1. The largest absolute Gasteiger partial charge is 0.316 e. The number of rotatable bonds is 1. The van der Waals surface area contributed by atoms with Crippen molar-refractivity contribution < 1.29 is 13.2 Å². The van der Waals surface area contributed by atoms with E-state index in [-0.39, 0.29) is 5.56 Å². The zero-order chi connectivity index (χ0) is 9.69. The van der Waals surface area contributed by atoms with Crippen LogP contribution in [0.25, 0.3) is 0 Å². The van der Waals surface area contributed by atoms with E-state index in [1.54, 1.807) is 0 Å². The average molecular weight is 187 g/mol. The second kappa shape index (κ2) is 2.26. The highest BCUT2D eigenvalue weighted by Crippen LogP contribution is 2.57. The van der Waals surface area contributed by atoms with E-state index in [0.717, 1.165) is 6.07 Å². The quantitative estimate of drug-likeness (QED) is 0.715. The van der Waals surface area contributed by atoms with E-state index >= 15 is 0 Å². The number of hydrogen-bond acceptors (Lipinski definition) is 1. The van der Waals surface area contributed by atoms with E-state index in [2.05, 4.69) is 0 Å². The van der Waals surface area contributed by atoms with Crippen molar-refractivity contribution in [3.8, 4) is 0 Å². The third kappa shape index (κ3) is 1.05. The van der Waals surface area contributed by atoms with Crippen molar-refractivity contribution in [1.82, 2.24) is 0 Å². The van der Waals surface area contributed by atoms with Gasteiger partial charge in [-0.15, -0.1) is 0 Å². The van der Waals surface area contributed by atoms with Gasteiger partial charge in [0, 0.05) is 12.0 Å². The molecule has 0 saturated heterocycles. The number of benzene rings is 1. The Bertz CT molecular complexity index is 350. The second-order valence-electron chi connectivity index (χ2n) is 3.33. The molecule has 0 aromatic heterocycles. The molecule has 2 rings (SSSR count). The van der Waals surface area contributed by atoms with Gasteiger partial charge in [-0.1, -0.05) is 18.2 Å². The van der Waals surface area contributed by atoms with Crippen LogP contribution in [-0.2, 0) is 5.54 Å². The summed E-state index contributed by atoms with van der Waals surface area (Å²) in [5, 5.41) is 0. The molecule has 0 aliphatic heterocycles. The summed E-state index contributed by atoms with van der Waals surface area (Å²) >= 11 is 0. The summed E-state index contributed by atoms with van der Waals surface area (Å²) in [7, 11) is 0. The van der Waals surface area contributed by atoms with Gasteiger partial charge >= 0.3 is 0 Å². The highest BCUT2D eigenvalue weighted by Gasteiger charge is 2.70. The van der Waals surface area contributed by atoms with E-state index in [9.17, 15) is 13.2 Å². The van der Waals surface area contributed by atoms with Crippen LogP contribution in [0.4, 0.5) is 13.2 Å². The molecule has 1 aliphatic rings. The lowest BCUT2D eigenvalue weighted by molar-refractivity contribution is 0.0881. The molecule has 0 spiro atoms. The lowest BCUT2D eigenvalue weighted by atomic mass is 10.1. The SMILES string of the molecule is NC1(c2ccccc2F)CC1(F)F. The van der Waals surface area contributed by atoms with Crippen LogP contribution in [0.2, 0.25) is 0 Å². The maximum Gasteiger partial charge on any atom is 0.272 e. The molecule has 0 heterocycles. The minimum atomic E-state index is -2.96. The van der Waals surface area contributed by atoms with Gasteiger partial charge in [-0.25, -0.2) is 13.2 Å². The Morgan fingerprint density at radius 3 is 2.23 bits per heavy atom. The summed E-state index contributed by atoms with van der Waals surface area (Å²) in [5.41, 5.74) is 3.48. The maximum atomic E-state index is 13.1. The minimum Gasteiger partial charge on any atom is -0.316 e.